The highest BCUT2D eigenvalue weighted by molar-refractivity contribution is 6.36. The Bertz CT molecular complexity index is 416. The van der Waals surface area contributed by atoms with Crippen LogP contribution in [0.25, 0.3) is 0 Å². The summed E-state index contributed by atoms with van der Waals surface area (Å²) in [5.74, 6) is 0.667. The first-order chi connectivity index (χ1) is 8.22. The van der Waals surface area contributed by atoms with Gasteiger partial charge in [-0.1, -0.05) is 29.3 Å². The Morgan fingerprint density at radius 2 is 2.12 bits per heavy atom. The summed E-state index contributed by atoms with van der Waals surface area (Å²) in [7, 11) is 0. The van der Waals surface area contributed by atoms with Gasteiger partial charge in [-0.3, -0.25) is 4.99 Å². The van der Waals surface area contributed by atoms with E-state index in [2.05, 4.69) is 15.6 Å². The van der Waals surface area contributed by atoms with Crippen LogP contribution in [0.3, 0.4) is 0 Å². The average Bonchev–Trinajstić information content (AvgIpc) is 2.75. The zero-order valence-electron chi connectivity index (χ0n) is 9.08. The molecule has 0 radical (unpaired) electrons. The molecule has 1 atom stereocenters. The summed E-state index contributed by atoms with van der Waals surface area (Å²) >= 11 is 12.3. The Balaban J connectivity index is 2.07. The molecule has 6 heteroatoms. The van der Waals surface area contributed by atoms with Gasteiger partial charge in [0.15, 0.2) is 5.96 Å². The molecule has 0 amide bonds. The van der Waals surface area contributed by atoms with Crippen molar-refractivity contribution in [3.63, 3.8) is 0 Å². The number of aliphatic imine (C=N–C) groups is 1. The summed E-state index contributed by atoms with van der Waals surface area (Å²) in [4.78, 5) is 4.28. The second kappa shape index (κ2) is 5.58. The number of rotatable bonds is 3. The van der Waals surface area contributed by atoms with E-state index in [1.54, 1.807) is 0 Å². The van der Waals surface area contributed by atoms with E-state index in [0.29, 0.717) is 29.1 Å². The molecule has 4 nitrogen and oxygen atoms in total. The monoisotopic (exact) mass is 273 g/mol. The number of nitrogens with one attached hydrogen (secondary N) is 2. The Morgan fingerprint density at radius 1 is 1.41 bits per heavy atom. The standard InChI is InChI=1S/C11H13Cl2N3O/c12-7-2-1-3-8(13)10(7)9-6-15-11(16-9)14-4-5-17/h1-3,9,17H,4-6H2,(H2,14,15,16). The summed E-state index contributed by atoms with van der Waals surface area (Å²) < 4.78 is 0. The molecule has 0 aliphatic carbocycles. The molecule has 1 aromatic carbocycles. The highest BCUT2D eigenvalue weighted by atomic mass is 35.5. The molecule has 1 aliphatic heterocycles. The Labute approximate surface area is 110 Å². The summed E-state index contributed by atoms with van der Waals surface area (Å²) in [6.07, 6.45) is 0. The highest BCUT2D eigenvalue weighted by Gasteiger charge is 2.23. The van der Waals surface area contributed by atoms with E-state index < -0.39 is 0 Å². The van der Waals surface area contributed by atoms with Crippen LogP contribution in [0.5, 0.6) is 0 Å². The van der Waals surface area contributed by atoms with Gasteiger partial charge in [0.05, 0.1) is 19.2 Å². The molecular weight excluding hydrogens is 261 g/mol. The quantitative estimate of drug-likeness (QED) is 0.784. The molecule has 1 unspecified atom stereocenters. The summed E-state index contributed by atoms with van der Waals surface area (Å²) in [6.45, 7) is 1.12. The summed E-state index contributed by atoms with van der Waals surface area (Å²) in [5, 5.41) is 16.1. The van der Waals surface area contributed by atoms with Gasteiger partial charge in [0.2, 0.25) is 0 Å². The average molecular weight is 274 g/mol. The molecule has 1 aliphatic rings. The fourth-order valence-electron chi connectivity index (χ4n) is 1.73. The number of hydrogen-bond donors (Lipinski definition) is 3. The molecule has 17 heavy (non-hydrogen) atoms. The summed E-state index contributed by atoms with van der Waals surface area (Å²) in [6, 6.07) is 5.42. The molecule has 92 valence electrons. The number of hydrogen-bond acceptors (Lipinski definition) is 4. The van der Waals surface area contributed by atoms with E-state index in [-0.39, 0.29) is 12.6 Å². The largest absolute Gasteiger partial charge is 0.395 e. The van der Waals surface area contributed by atoms with Crippen molar-refractivity contribution in [2.24, 2.45) is 4.99 Å². The molecule has 3 N–H and O–H groups in total. The van der Waals surface area contributed by atoms with Crippen molar-refractivity contribution < 1.29 is 5.11 Å². The van der Waals surface area contributed by atoms with Crippen LogP contribution in [0.1, 0.15) is 11.6 Å². The van der Waals surface area contributed by atoms with Gasteiger partial charge in [0.1, 0.15) is 0 Å². The fraction of sp³-hybridized carbons (Fsp3) is 0.364. The van der Waals surface area contributed by atoms with Gasteiger partial charge in [0.25, 0.3) is 0 Å². The first kappa shape index (κ1) is 12.5. The van der Waals surface area contributed by atoms with Crippen molar-refractivity contribution in [1.29, 1.82) is 0 Å². The molecule has 0 saturated carbocycles. The minimum atomic E-state index is -0.0163. The Hall–Kier alpha value is -0.970. The molecule has 2 rings (SSSR count). The predicted molar refractivity (Wildman–Crippen MR) is 69.7 cm³/mol. The molecular formula is C11H13Cl2N3O. The third kappa shape index (κ3) is 2.83. The van der Waals surface area contributed by atoms with Gasteiger partial charge in [-0.25, -0.2) is 0 Å². The SMILES string of the molecule is OCCNC1=NCC(c2c(Cl)cccc2Cl)N1. The second-order valence-corrected chi connectivity index (χ2v) is 4.49. The van der Waals surface area contributed by atoms with E-state index in [1.165, 1.54) is 0 Å². The molecule has 0 bridgehead atoms. The lowest BCUT2D eigenvalue weighted by Crippen LogP contribution is -2.36. The molecule has 0 spiro atoms. The number of aliphatic hydroxyl groups is 1. The second-order valence-electron chi connectivity index (χ2n) is 3.67. The van der Waals surface area contributed by atoms with Crippen molar-refractivity contribution in [1.82, 2.24) is 10.6 Å². The van der Waals surface area contributed by atoms with Crippen LogP contribution in [0, 0.1) is 0 Å². The smallest absolute Gasteiger partial charge is 0.191 e. The van der Waals surface area contributed by atoms with E-state index in [1.807, 2.05) is 18.2 Å². The first-order valence-electron chi connectivity index (χ1n) is 5.32. The Morgan fingerprint density at radius 3 is 2.76 bits per heavy atom. The van der Waals surface area contributed by atoms with Gasteiger partial charge in [-0.2, -0.15) is 0 Å². The maximum atomic E-state index is 8.71. The van der Waals surface area contributed by atoms with Gasteiger partial charge < -0.3 is 15.7 Å². The van der Waals surface area contributed by atoms with Gasteiger partial charge >= 0.3 is 0 Å². The zero-order chi connectivity index (χ0) is 12.3. The number of aliphatic hydroxyl groups excluding tert-OH is 1. The van der Waals surface area contributed by atoms with Crippen molar-refractivity contribution in [2.45, 2.75) is 6.04 Å². The van der Waals surface area contributed by atoms with Crippen molar-refractivity contribution in [3.8, 4) is 0 Å². The van der Waals surface area contributed by atoms with Crippen LogP contribution in [-0.2, 0) is 0 Å². The van der Waals surface area contributed by atoms with Crippen LogP contribution < -0.4 is 10.6 Å². The minimum absolute atomic E-state index is 0.0163. The van der Waals surface area contributed by atoms with Crippen molar-refractivity contribution >= 4 is 29.2 Å². The van der Waals surface area contributed by atoms with Crippen LogP contribution in [0.2, 0.25) is 10.0 Å². The lowest BCUT2D eigenvalue weighted by Gasteiger charge is -2.15. The summed E-state index contributed by atoms with van der Waals surface area (Å²) in [5.41, 5.74) is 0.861. The number of guanidine groups is 1. The van der Waals surface area contributed by atoms with Crippen LogP contribution >= 0.6 is 23.2 Å². The molecule has 0 fully saturated rings. The fourth-order valence-corrected chi connectivity index (χ4v) is 2.39. The number of benzene rings is 1. The lowest BCUT2D eigenvalue weighted by atomic mass is 10.1. The predicted octanol–water partition coefficient (Wildman–Crippen LogP) is 1.58. The van der Waals surface area contributed by atoms with Crippen LogP contribution in [0.4, 0.5) is 0 Å². The number of halogens is 2. The number of nitrogens with zero attached hydrogens (tertiary/aromatic N) is 1. The van der Waals surface area contributed by atoms with Crippen molar-refractivity contribution in [2.75, 3.05) is 19.7 Å². The zero-order valence-corrected chi connectivity index (χ0v) is 10.6. The third-order valence-corrected chi connectivity index (χ3v) is 3.15. The van der Waals surface area contributed by atoms with E-state index >= 15 is 0 Å². The molecule has 1 aromatic rings. The van der Waals surface area contributed by atoms with Crippen molar-refractivity contribution in [3.05, 3.63) is 33.8 Å². The third-order valence-electron chi connectivity index (χ3n) is 2.50. The van der Waals surface area contributed by atoms with E-state index in [9.17, 15) is 0 Å². The van der Waals surface area contributed by atoms with E-state index in [0.717, 1.165) is 5.56 Å². The topological polar surface area (TPSA) is 56.6 Å². The van der Waals surface area contributed by atoms with E-state index in [4.69, 9.17) is 28.3 Å². The van der Waals surface area contributed by atoms with Crippen LogP contribution in [0.15, 0.2) is 23.2 Å². The highest BCUT2D eigenvalue weighted by Crippen LogP contribution is 2.31. The minimum Gasteiger partial charge on any atom is -0.395 e. The first-order valence-corrected chi connectivity index (χ1v) is 6.07. The maximum Gasteiger partial charge on any atom is 0.191 e. The normalized spacial score (nSPS) is 18.8. The molecule has 0 aromatic heterocycles. The lowest BCUT2D eigenvalue weighted by molar-refractivity contribution is 0.300. The molecule has 1 heterocycles. The Kier molecular flexibility index (Phi) is 4.10. The van der Waals surface area contributed by atoms with Gasteiger partial charge in [0, 0.05) is 22.2 Å². The molecule has 0 saturated heterocycles. The van der Waals surface area contributed by atoms with Crippen LogP contribution in [-0.4, -0.2) is 30.8 Å². The maximum absolute atomic E-state index is 8.71. The van der Waals surface area contributed by atoms with Gasteiger partial charge in [-0.15, -0.1) is 0 Å². The van der Waals surface area contributed by atoms with Gasteiger partial charge in [-0.05, 0) is 12.1 Å².